The molecule has 1 N–H and O–H groups in total. The van der Waals surface area contributed by atoms with Crippen molar-refractivity contribution in [1.29, 1.82) is 0 Å². The molecule has 0 bridgehead atoms. The van der Waals surface area contributed by atoms with Gasteiger partial charge in [0.1, 0.15) is 0 Å². The summed E-state index contributed by atoms with van der Waals surface area (Å²) in [6.45, 7) is 0. The van der Waals surface area contributed by atoms with Crippen molar-refractivity contribution in [2.45, 2.75) is 12.8 Å². The zero-order valence-corrected chi connectivity index (χ0v) is 10.4. The Morgan fingerprint density at radius 2 is 2.29 bits per heavy atom. The maximum absolute atomic E-state index is 11.1. The van der Waals surface area contributed by atoms with Crippen molar-refractivity contribution in [2.75, 3.05) is 9.74 Å². The Hall–Kier alpha value is -0.290. The minimum absolute atomic E-state index is 0.0580. The molecule has 74 valence electrons. The molecule has 0 saturated carbocycles. The average molecular weight is 322 g/mol. The van der Waals surface area contributed by atoms with E-state index in [1.54, 1.807) is 0 Å². The zero-order valence-electron chi connectivity index (χ0n) is 7.44. The normalized spacial score (nSPS) is 14.0. The van der Waals surface area contributed by atoms with E-state index in [1.807, 2.05) is 12.1 Å². The van der Waals surface area contributed by atoms with Gasteiger partial charge in [-0.05, 0) is 23.6 Å². The number of rotatable bonds is 2. The molecule has 0 atom stereocenters. The molecule has 1 amide bonds. The topological polar surface area (TPSA) is 29.1 Å². The van der Waals surface area contributed by atoms with Crippen LogP contribution in [0.5, 0.6) is 0 Å². The molecule has 1 heterocycles. The molecule has 1 aromatic carbocycles. The fourth-order valence-electron chi connectivity index (χ4n) is 1.59. The molecule has 2 nitrogen and oxygen atoms in total. The van der Waals surface area contributed by atoms with Gasteiger partial charge in [-0.15, -0.1) is 0 Å². The molecule has 1 aliphatic heterocycles. The number of nitrogens with one attached hydrogen (secondary N) is 1. The van der Waals surface area contributed by atoms with Crippen LogP contribution in [-0.4, -0.2) is 10.3 Å². The van der Waals surface area contributed by atoms with Crippen molar-refractivity contribution in [3.63, 3.8) is 0 Å². The first-order valence-corrected chi connectivity index (χ1v) is 6.28. The van der Waals surface area contributed by atoms with E-state index < -0.39 is 0 Å². The first kappa shape index (κ1) is 10.2. The summed E-state index contributed by atoms with van der Waals surface area (Å²) in [5, 5.41) is 3.53. The van der Waals surface area contributed by atoms with E-state index in [-0.39, 0.29) is 5.91 Å². The molecule has 0 aliphatic carbocycles. The van der Waals surface area contributed by atoms with Gasteiger partial charge < -0.3 is 5.32 Å². The van der Waals surface area contributed by atoms with Gasteiger partial charge in [0.2, 0.25) is 5.91 Å². The van der Waals surface area contributed by atoms with Crippen molar-refractivity contribution in [3.05, 3.63) is 28.3 Å². The van der Waals surface area contributed by atoms with Crippen LogP contribution in [0.15, 0.2) is 12.1 Å². The molecule has 0 aromatic heterocycles. The Morgan fingerprint density at radius 1 is 1.50 bits per heavy atom. The van der Waals surface area contributed by atoms with Gasteiger partial charge >= 0.3 is 0 Å². The lowest BCUT2D eigenvalue weighted by Gasteiger charge is -2.05. The van der Waals surface area contributed by atoms with E-state index in [9.17, 15) is 4.79 Å². The Balaban J connectivity index is 2.39. The van der Waals surface area contributed by atoms with Gasteiger partial charge in [-0.2, -0.15) is 0 Å². The van der Waals surface area contributed by atoms with E-state index in [0.717, 1.165) is 32.7 Å². The van der Waals surface area contributed by atoms with Crippen LogP contribution in [0, 0.1) is 0 Å². The van der Waals surface area contributed by atoms with Gasteiger partial charge in [-0.25, -0.2) is 0 Å². The molecule has 0 radical (unpaired) electrons. The SMILES string of the molecule is O=C1Cc2cc(CCI)c(Cl)cc2N1. The average Bonchev–Trinajstić information content (AvgIpc) is 2.45. The second-order valence-electron chi connectivity index (χ2n) is 3.26. The van der Waals surface area contributed by atoms with Crippen LogP contribution in [0.3, 0.4) is 0 Å². The van der Waals surface area contributed by atoms with Crippen LogP contribution in [0.1, 0.15) is 11.1 Å². The number of hydrogen-bond acceptors (Lipinski definition) is 1. The number of halogens is 2. The third kappa shape index (κ3) is 1.88. The first-order chi connectivity index (χ1) is 6.70. The third-order valence-electron chi connectivity index (χ3n) is 2.26. The molecule has 0 saturated heterocycles. The second-order valence-corrected chi connectivity index (χ2v) is 4.75. The standard InChI is InChI=1S/C10H9ClINO/c11-8-5-9-7(4-10(14)13-9)3-6(8)1-2-12/h3,5H,1-2,4H2,(H,13,14). The van der Waals surface area contributed by atoms with Crippen molar-refractivity contribution in [1.82, 2.24) is 0 Å². The molecule has 1 aromatic rings. The fourth-order valence-corrected chi connectivity index (χ4v) is 2.43. The lowest BCUT2D eigenvalue weighted by Crippen LogP contribution is -2.03. The number of amides is 1. The van der Waals surface area contributed by atoms with E-state index in [0.29, 0.717) is 6.42 Å². The minimum Gasteiger partial charge on any atom is -0.325 e. The Morgan fingerprint density at radius 3 is 3.00 bits per heavy atom. The summed E-state index contributed by atoms with van der Waals surface area (Å²) in [5.74, 6) is 0.0580. The van der Waals surface area contributed by atoms with Gasteiger partial charge in [-0.1, -0.05) is 40.3 Å². The van der Waals surface area contributed by atoms with Gasteiger partial charge in [-0.3, -0.25) is 4.79 Å². The molecular weight excluding hydrogens is 312 g/mol. The van der Waals surface area contributed by atoms with E-state index in [1.165, 1.54) is 0 Å². The van der Waals surface area contributed by atoms with E-state index in [2.05, 4.69) is 27.9 Å². The number of benzene rings is 1. The predicted molar refractivity (Wildman–Crippen MR) is 66.4 cm³/mol. The maximum Gasteiger partial charge on any atom is 0.228 e. The Kier molecular flexibility index (Phi) is 2.97. The molecule has 14 heavy (non-hydrogen) atoms. The van der Waals surface area contributed by atoms with Crippen LogP contribution >= 0.6 is 34.2 Å². The quantitative estimate of drug-likeness (QED) is 0.659. The summed E-state index contributed by atoms with van der Waals surface area (Å²) in [6, 6.07) is 3.89. The lowest BCUT2D eigenvalue weighted by atomic mass is 10.1. The molecule has 0 spiro atoms. The zero-order chi connectivity index (χ0) is 10.1. The number of carbonyl (C=O) groups is 1. The predicted octanol–water partition coefficient (Wildman–Crippen LogP) is 2.81. The van der Waals surface area contributed by atoms with Crippen LogP contribution in [-0.2, 0) is 17.6 Å². The van der Waals surface area contributed by atoms with Crippen LogP contribution in [0.2, 0.25) is 5.02 Å². The summed E-state index contributed by atoms with van der Waals surface area (Å²) in [4.78, 5) is 11.1. The van der Waals surface area contributed by atoms with Crippen LogP contribution < -0.4 is 5.32 Å². The molecular formula is C10H9ClINO. The molecule has 0 unspecified atom stereocenters. The fraction of sp³-hybridized carbons (Fsp3) is 0.300. The molecule has 2 rings (SSSR count). The highest BCUT2D eigenvalue weighted by Gasteiger charge is 2.19. The summed E-state index contributed by atoms with van der Waals surface area (Å²) < 4.78 is 1.04. The highest BCUT2D eigenvalue weighted by Crippen LogP contribution is 2.30. The van der Waals surface area contributed by atoms with Crippen molar-refractivity contribution >= 4 is 45.8 Å². The largest absolute Gasteiger partial charge is 0.325 e. The van der Waals surface area contributed by atoms with Crippen molar-refractivity contribution in [3.8, 4) is 0 Å². The number of hydrogen-bond donors (Lipinski definition) is 1. The number of fused-ring (bicyclic) bond motifs is 1. The number of alkyl halides is 1. The minimum atomic E-state index is 0.0580. The van der Waals surface area contributed by atoms with Crippen LogP contribution in [0.25, 0.3) is 0 Å². The highest BCUT2D eigenvalue weighted by molar-refractivity contribution is 14.1. The van der Waals surface area contributed by atoms with Crippen molar-refractivity contribution < 1.29 is 4.79 Å². The van der Waals surface area contributed by atoms with E-state index in [4.69, 9.17) is 11.6 Å². The first-order valence-electron chi connectivity index (χ1n) is 4.38. The molecule has 1 aliphatic rings. The van der Waals surface area contributed by atoms with Gasteiger partial charge in [0.05, 0.1) is 6.42 Å². The molecule has 0 fully saturated rings. The smallest absolute Gasteiger partial charge is 0.228 e. The highest BCUT2D eigenvalue weighted by atomic mass is 127. The summed E-state index contributed by atoms with van der Waals surface area (Å²) in [7, 11) is 0. The maximum atomic E-state index is 11.1. The third-order valence-corrected chi connectivity index (χ3v) is 3.15. The van der Waals surface area contributed by atoms with Crippen LogP contribution in [0.4, 0.5) is 5.69 Å². The summed E-state index contributed by atoms with van der Waals surface area (Å²) in [5.41, 5.74) is 3.08. The Bertz CT molecular complexity index is 392. The lowest BCUT2D eigenvalue weighted by molar-refractivity contribution is -0.115. The van der Waals surface area contributed by atoms with E-state index >= 15 is 0 Å². The molecule has 4 heteroatoms. The summed E-state index contributed by atoms with van der Waals surface area (Å²) in [6.07, 6.45) is 1.45. The van der Waals surface area contributed by atoms with Gasteiger partial charge in [0.25, 0.3) is 0 Å². The number of carbonyl (C=O) groups excluding carboxylic acids is 1. The number of anilines is 1. The Labute approximate surface area is 101 Å². The van der Waals surface area contributed by atoms with Crippen molar-refractivity contribution in [2.24, 2.45) is 0 Å². The van der Waals surface area contributed by atoms with Gasteiger partial charge in [0.15, 0.2) is 0 Å². The number of aryl methyl sites for hydroxylation is 1. The summed E-state index contributed by atoms with van der Waals surface area (Å²) >= 11 is 8.40. The van der Waals surface area contributed by atoms with Gasteiger partial charge in [0, 0.05) is 15.1 Å². The second kappa shape index (κ2) is 4.06. The monoisotopic (exact) mass is 321 g/mol.